The molecular formula is C17H22BrNOS. The summed E-state index contributed by atoms with van der Waals surface area (Å²) in [6, 6.07) is 12.4. The smallest absolute Gasteiger partial charge is 0.148 e. The molecule has 1 heterocycles. The summed E-state index contributed by atoms with van der Waals surface area (Å²) in [4.78, 5) is 1.14. The predicted octanol–water partition coefficient (Wildman–Crippen LogP) is 5.49. The van der Waals surface area contributed by atoms with Crippen molar-refractivity contribution < 1.29 is 4.74 Å². The molecule has 21 heavy (non-hydrogen) atoms. The van der Waals surface area contributed by atoms with Crippen LogP contribution < -0.4 is 10.5 Å². The van der Waals surface area contributed by atoms with Crippen LogP contribution in [0.5, 0.6) is 5.75 Å². The first kappa shape index (κ1) is 16.5. The van der Waals surface area contributed by atoms with Crippen molar-refractivity contribution in [2.75, 3.05) is 0 Å². The summed E-state index contributed by atoms with van der Waals surface area (Å²) in [7, 11) is 0. The van der Waals surface area contributed by atoms with Crippen LogP contribution in [0.25, 0.3) is 0 Å². The molecule has 114 valence electrons. The highest BCUT2D eigenvalue weighted by atomic mass is 79.9. The number of benzene rings is 1. The molecule has 1 aromatic carbocycles. The molecule has 0 saturated carbocycles. The molecule has 0 radical (unpaired) electrons. The Hall–Kier alpha value is -0.840. The van der Waals surface area contributed by atoms with Crippen molar-refractivity contribution in [1.82, 2.24) is 0 Å². The fraction of sp³-hybridized carbons (Fsp3) is 0.412. The van der Waals surface area contributed by atoms with E-state index in [9.17, 15) is 0 Å². The number of hydrogen-bond acceptors (Lipinski definition) is 3. The SMILES string of the molecule is CCC(C)c1ccc(OC(c2ccc(Br)s2)C(C)N)cc1. The van der Waals surface area contributed by atoms with Crippen molar-refractivity contribution in [2.24, 2.45) is 5.73 Å². The first-order valence-electron chi connectivity index (χ1n) is 7.28. The number of halogens is 1. The summed E-state index contributed by atoms with van der Waals surface area (Å²) >= 11 is 5.16. The van der Waals surface area contributed by atoms with E-state index in [0.717, 1.165) is 20.8 Å². The molecule has 0 saturated heterocycles. The lowest BCUT2D eigenvalue weighted by molar-refractivity contribution is 0.184. The Labute approximate surface area is 139 Å². The molecular weight excluding hydrogens is 346 g/mol. The van der Waals surface area contributed by atoms with Gasteiger partial charge in [0.2, 0.25) is 0 Å². The van der Waals surface area contributed by atoms with Gasteiger partial charge in [0.05, 0.1) is 3.79 Å². The molecule has 0 fully saturated rings. The van der Waals surface area contributed by atoms with Crippen LogP contribution in [0.3, 0.4) is 0 Å². The maximum atomic E-state index is 6.11. The van der Waals surface area contributed by atoms with Crippen LogP contribution in [-0.2, 0) is 0 Å². The predicted molar refractivity (Wildman–Crippen MR) is 94.2 cm³/mol. The third-order valence-electron chi connectivity index (χ3n) is 3.68. The number of rotatable bonds is 6. The second-order valence-corrected chi connectivity index (χ2v) is 7.91. The van der Waals surface area contributed by atoms with Crippen molar-refractivity contribution in [2.45, 2.75) is 45.3 Å². The Bertz CT molecular complexity index is 564. The quantitative estimate of drug-likeness (QED) is 0.732. The molecule has 3 unspecified atom stereocenters. The van der Waals surface area contributed by atoms with E-state index in [2.05, 4.69) is 48.0 Å². The van der Waals surface area contributed by atoms with Gasteiger partial charge >= 0.3 is 0 Å². The average Bonchev–Trinajstić information content (AvgIpc) is 2.90. The van der Waals surface area contributed by atoms with Gasteiger partial charge in [-0.25, -0.2) is 0 Å². The third-order valence-corrected chi connectivity index (χ3v) is 5.36. The zero-order chi connectivity index (χ0) is 15.4. The Balaban J connectivity index is 2.14. The van der Waals surface area contributed by atoms with E-state index < -0.39 is 0 Å². The van der Waals surface area contributed by atoms with Crippen molar-refractivity contribution in [1.29, 1.82) is 0 Å². The second-order valence-electron chi connectivity index (χ2n) is 5.42. The van der Waals surface area contributed by atoms with E-state index in [1.807, 2.05) is 25.1 Å². The molecule has 2 nitrogen and oxygen atoms in total. The van der Waals surface area contributed by atoms with Crippen LogP contribution in [-0.4, -0.2) is 6.04 Å². The van der Waals surface area contributed by atoms with E-state index in [-0.39, 0.29) is 12.1 Å². The van der Waals surface area contributed by atoms with Gasteiger partial charge < -0.3 is 10.5 Å². The highest BCUT2D eigenvalue weighted by molar-refractivity contribution is 9.11. The van der Waals surface area contributed by atoms with Crippen LogP contribution in [0, 0.1) is 0 Å². The van der Waals surface area contributed by atoms with Crippen LogP contribution in [0.1, 0.15) is 49.7 Å². The van der Waals surface area contributed by atoms with Crippen molar-refractivity contribution in [3.05, 3.63) is 50.6 Å². The Kier molecular flexibility index (Phi) is 5.85. The summed E-state index contributed by atoms with van der Waals surface area (Å²) in [6.07, 6.45) is 1.03. The van der Waals surface area contributed by atoms with Gasteiger partial charge in [-0.2, -0.15) is 0 Å². The molecule has 4 heteroatoms. The molecule has 0 spiro atoms. The highest BCUT2D eigenvalue weighted by Crippen LogP contribution is 2.32. The topological polar surface area (TPSA) is 35.2 Å². The maximum absolute atomic E-state index is 6.11. The number of ether oxygens (including phenoxy) is 1. The zero-order valence-electron chi connectivity index (χ0n) is 12.7. The zero-order valence-corrected chi connectivity index (χ0v) is 15.1. The van der Waals surface area contributed by atoms with Gasteiger partial charge in [0, 0.05) is 10.9 Å². The van der Waals surface area contributed by atoms with Crippen LogP contribution in [0.2, 0.25) is 0 Å². The molecule has 2 aromatic rings. The van der Waals surface area contributed by atoms with Gasteiger partial charge in [-0.05, 0) is 65.0 Å². The first-order chi connectivity index (χ1) is 10.0. The van der Waals surface area contributed by atoms with Crippen molar-refractivity contribution >= 4 is 27.3 Å². The number of thiophene rings is 1. The summed E-state index contributed by atoms with van der Waals surface area (Å²) in [6.45, 7) is 6.42. The van der Waals surface area contributed by atoms with E-state index in [1.54, 1.807) is 11.3 Å². The summed E-state index contributed by atoms with van der Waals surface area (Å²) < 4.78 is 7.20. The minimum atomic E-state index is -0.115. The lowest BCUT2D eigenvalue weighted by Crippen LogP contribution is -2.28. The number of nitrogens with two attached hydrogens (primary N) is 1. The standard InChI is InChI=1S/C17H22BrNOS/c1-4-11(2)13-5-7-14(8-6-13)20-17(12(3)19)15-9-10-16(18)21-15/h5-12,17H,4,19H2,1-3H3. The van der Waals surface area contributed by atoms with Crippen LogP contribution in [0.4, 0.5) is 0 Å². The van der Waals surface area contributed by atoms with E-state index >= 15 is 0 Å². The van der Waals surface area contributed by atoms with Crippen LogP contribution >= 0.6 is 27.3 Å². The van der Waals surface area contributed by atoms with Gasteiger partial charge in [-0.1, -0.05) is 26.0 Å². The molecule has 2 rings (SSSR count). The summed E-state index contributed by atoms with van der Waals surface area (Å²) in [5.41, 5.74) is 7.44. The fourth-order valence-electron chi connectivity index (χ4n) is 2.16. The van der Waals surface area contributed by atoms with Gasteiger partial charge in [0.1, 0.15) is 11.9 Å². The fourth-order valence-corrected chi connectivity index (χ4v) is 3.73. The Morgan fingerprint density at radius 3 is 2.29 bits per heavy atom. The van der Waals surface area contributed by atoms with Crippen LogP contribution in [0.15, 0.2) is 40.2 Å². The van der Waals surface area contributed by atoms with Gasteiger partial charge in [-0.15, -0.1) is 11.3 Å². The average molecular weight is 368 g/mol. The van der Waals surface area contributed by atoms with E-state index in [1.165, 1.54) is 5.56 Å². The lowest BCUT2D eigenvalue weighted by Gasteiger charge is -2.22. The van der Waals surface area contributed by atoms with Gasteiger partial charge in [0.15, 0.2) is 0 Å². The molecule has 2 N–H and O–H groups in total. The summed E-state index contributed by atoms with van der Waals surface area (Å²) in [5, 5.41) is 0. The minimum absolute atomic E-state index is 0.0650. The largest absolute Gasteiger partial charge is 0.483 e. The second kappa shape index (κ2) is 7.43. The monoisotopic (exact) mass is 367 g/mol. The minimum Gasteiger partial charge on any atom is -0.483 e. The lowest BCUT2D eigenvalue weighted by atomic mass is 9.99. The molecule has 0 aliphatic heterocycles. The van der Waals surface area contributed by atoms with E-state index in [0.29, 0.717) is 5.92 Å². The van der Waals surface area contributed by atoms with Crippen molar-refractivity contribution in [3.8, 4) is 5.75 Å². The molecule has 0 aliphatic carbocycles. The third kappa shape index (κ3) is 4.31. The molecule has 3 atom stereocenters. The Morgan fingerprint density at radius 2 is 1.81 bits per heavy atom. The van der Waals surface area contributed by atoms with E-state index in [4.69, 9.17) is 10.5 Å². The molecule has 0 amide bonds. The normalized spacial score (nSPS) is 15.5. The first-order valence-corrected chi connectivity index (χ1v) is 8.89. The maximum Gasteiger partial charge on any atom is 0.148 e. The Morgan fingerprint density at radius 1 is 1.14 bits per heavy atom. The molecule has 1 aromatic heterocycles. The highest BCUT2D eigenvalue weighted by Gasteiger charge is 2.20. The van der Waals surface area contributed by atoms with Gasteiger partial charge in [0.25, 0.3) is 0 Å². The number of hydrogen-bond donors (Lipinski definition) is 1. The van der Waals surface area contributed by atoms with Gasteiger partial charge in [-0.3, -0.25) is 0 Å². The molecule has 0 aliphatic rings. The van der Waals surface area contributed by atoms with Crippen molar-refractivity contribution in [3.63, 3.8) is 0 Å². The molecule has 0 bridgehead atoms. The summed E-state index contributed by atoms with van der Waals surface area (Å²) in [5.74, 6) is 1.45.